The number of hydrogen-bond donors (Lipinski definition) is 3. The van der Waals surface area contributed by atoms with E-state index in [2.05, 4.69) is 16.0 Å². The smallest absolute Gasteiger partial charge is 0.318 e. The average Bonchev–Trinajstić information content (AvgIpc) is 2.90. The van der Waals surface area contributed by atoms with Crippen LogP contribution in [0.5, 0.6) is 0 Å². The van der Waals surface area contributed by atoms with Crippen molar-refractivity contribution in [2.45, 2.75) is 37.8 Å². The van der Waals surface area contributed by atoms with Gasteiger partial charge in [-0.2, -0.15) is 0 Å². The van der Waals surface area contributed by atoms with Crippen LogP contribution in [0.15, 0.2) is 0 Å². The van der Waals surface area contributed by atoms with Crippen LogP contribution in [0.1, 0.15) is 25.7 Å². The van der Waals surface area contributed by atoms with Crippen molar-refractivity contribution in [3.63, 3.8) is 0 Å². The molecule has 1 saturated heterocycles. The lowest BCUT2D eigenvalue weighted by Gasteiger charge is -2.35. The number of nitrogens with one attached hydrogen (secondary N) is 3. The number of amides is 3. The lowest BCUT2D eigenvalue weighted by atomic mass is 10.2. The number of carbonyl (C=O) groups excluding carboxylic acids is 2. The predicted molar refractivity (Wildman–Crippen MR) is 68.2 cm³/mol. The first-order valence-corrected chi connectivity index (χ1v) is 6.72. The van der Waals surface area contributed by atoms with Gasteiger partial charge in [-0.1, -0.05) is 12.8 Å². The van der Waals surface area contributed by atoms with Crippen LogP contribution in [0.2, 0.25) is 0 Å². The van der Waals surface area contributed by atoms with Gasteiger partial charge in [0.15, 0.2) is 0 Å². The Morgan fingerprint density at radius 2 is 2.00 bits per heavy atom. The molecule has 0 aromatic rings. The van der Waals surface area contributed by atoms with Crippen molar-refractivity contribution >= 4 is 11.9 Å². The monoisotopic (exact) mass is 254 g/mol. The van der Waals surface area contributed by atoms with E-state index in [1.165, 1.54) is 12.8 Å². The van der Waals surface area contributed by atoms with Crippen molar-refractivity contribution in [2.75, 3.05) is 26.7 Å². The van der Waals surface area contributed by atoms with E-state index < -0.39 is 6.04 Å². The topological polar surface area (TPSA) is 73.5 Å². The maximum absolute atomic E-state index is 12.2. The third-order valence-electron chi connectivity index (χ3n) is 3.74. The zero-order valence-electron chi connectivity index (χ0n) is 10.9. The van der Waals surface area contributed by atoms with Gasteiger partial charge in [-0.25, -0.2) is 4.79 Å². The Labute approximate surface area is 107 Å². The van der Waals surface area contributed by atoms with E-state index in [9.17, 15) is 9.59 Å². The number of nitrogens with zero attached hydrogens (tertiary/aromatic N) is 1. The van der Waals surface area contributed by atoms with Crippen molar-refractivity contribution in [3.05, 3.63) is 0 Å². The highest BCUT2D eigenvalue weighted by molar-refractivity contribution is 5.87. The van der Waals surface area contributed by atoms with E-state index in [1.807, 2.05) is 0 Å². The van der Waals surface area contributed by atoms with Gasteiger partial charge < -0.3 is 20.9 Å². The summed E-state index contributed by atoms with van der Waals surface area (Å²) in [5.41, 5.74) is 0. The molecule has 0 radical (unpaired) electrons. The Bertz CT molecular complexity index is 315. The van der Waals surface area contributed by atoms with Crippen LogP contribution < -0.4 is 16.0 Å². The Kier molecular flexibility index (Phi) is 4.41. The molecular formula is C12H22N4O2. The van der Waals surface area contributed by atoms with Gasteiger partial charge >= 0.3 is 6.03 Å². The van der Waals surface area contributed by atoms with Crippen molar-refractivity contribution in [2.24, 2.45) is 0 Å². The molecule has 6 nitrogen and oxygen atoms in total. The van der Waals surface area contributed by atoms with Crippen LogP contribution in [-0.4, -0.2) is 55.6 Å². The molecule has 1 unspecified atom stereocenters. The molecular weight excluding hydrogens is 232 g/mol. The largest absolute Gasteiger partial charge is 0.357 e. The summed E-state index contributed by atoms with van der Waals surface area (Å²) < 4.78 is 0. The molecule has 1 aliphatic heterocycles. The van der Waals surface area contributed by atoms with E-state index in [1.54, 1.807) is 11.9 Å². The number of carbonyl (C=O) groups is 2. The van der Waals surface area contributed by atoms with Gasteiger partial charge in [-0.15, -0.1) is 0 Å². The summed E-state index contributed by atoms with van der Waals surface area (Å²) in [4.78, 5) is 25.6. The molecule has 2 aliphatic rings. The van der Waals surface area contributed by atoms with Crippen molar-refractivity contribution in [1.82, 2.24) is 20.9 Å². The zero-order valence-corrected chi connectivity index (χ0v) is 10.9. The maximum atomic E-state index is 12.2. The molecule has 0 spiro atoms. The summed E-state index contributed by atoms with van der Waals surface area (Å²) in [7, 11) is 1.60. The number of likely N-dealkylation sites (N-methyl/N-ethyl adjacent to an activating group) is 1. The quantitative estimate of drug-likeness (QED) is 0.631. The first-order chi connectivity index (χ1) is 8.72. The molecule has 102 valence electrons. The third-order valence-corrected chi connectivity index (χ3v) is 3.74. The molecule has 2 rings (SSSR count). The number of piperazine rings is 1. The van der Waals surface area contributed by atoms with E-state index in [4.69, 9.17) is 0 Å². The molecule has 3 N–H and O–H groups in total. The minimum Gasteiger partial charge on any atom is -0.357 e. The molecule has 1 heterocycles. The maximum Gasteiger partial charge on any atom is 0.318 e. The van der Waals surface area contributed by atoms with Crippen LogP contribution in [0, 0.1) is 0 Å². The highest BCUT2D eigenvalue weighted by atomic mass is 16.2. The normalized spacial score (nSPS) is 24.9. The second-order valence-corrected chi connectivity index (χ2v) is 4.96. The van der Waals surface area contributed by atoms with Crippen molar-refractivity contribution < 1.29 is 9.59 Å². The lowest BCUT2D eigenvalue weighted by Crippen LogP contribution is -2.61. The SMILES string of the molecule is CNC(=O)C1CNCCN1C(=O)NC1CCCC1. The molecule has 1 saturated carbocycles. The fraction of sp³-hybridized carbons (Fsp3) is 0.833. The third kappa shape index (κ3) is 2.93. The average molecular weight is 254 g/mol. The van der Waals surface area contributed by atoms with Gasteiger partial charge in [0.1, 0.15) is 6.04 Å². The van der Waals surface area contributed by atoms with E-state index in [0.29, 0.717) is 13.1 Å². The summed E-state index contributed by atoms with van der Waals surface area (Å²) in [6.45, 7) is 1.85. The first-order valence-electron chi connectivity index (χ1n) is 6.72. The number of hydrogen-bond acceptors (Lipinski definition) is 3. The Morgan fingerprint density at radius 1 is 1.28 bits per heavy atom. The molecule has 6 heteroatoms. The van der Waals surface area contributed by atoms with Crippen LogP contribution in [0.3, 0.4) is 0 Å². The van der Waals surface area contributed by atoms with E-state index in [-0.39, 0.29) is 18.0 Å². The highest BCUT2D eigenvalue weighted by Crippen LogP contribution is 2.18. The van der Waals surface area contributed by atoms with Gasteiger partial charge in [0.2, 0.25) is 5.91 Å². The molecule has 2 fully saturated rings. The fourth-order valence-corrected chi connectivity index (χ4v) is 2.68. The zero-order chi connectivity index (χ0) is 13.0. The Balaban J connectivity index is 1.94. The van der Waals surface area contributed by atoms with Gasteiger partial charge in [0, 0.05) is 32.7 Å². The van der Waals surface area contributed by atoms with Crippen LogP contribution >= 0.6 is 0 Å². The summed E-state index contributed by atoms with van der Waals surface area (Å²) >= 11 is 0. The molecule has 0 aromatic heterocycles. The summed E-state index contributed by atoms with van der Waals surface area (Å²) in [5, 5.41) is 8.80. The Morgan fingerprint density at radius 3 is 2.67 bits per heavy atom. The minimum atomic E-state index is -0.398. The summed E-state index contributed by atoms with van der Waals surface area (Å²) in [6.07, 6.45) is 4.49. The van der Waals surface area contributed by atoms with Crippen LogP contribution in [0.25, 0.3) is 0 Å². The first kappa shape index (κ1) is 13.1. The molecule has 18 heavy (non-hydrogen) atoms. The fourth-order valence-electron chi connectivity index (χ4n) is 2.68. The highest BCUT2D eigenvalue weighted by Gasteiger charge is 2.32. The number of urea groups is 1. The predicted octanol–water partition coefficient (Wildman–Crippen LogP) is -0.342. The molecule has 0 bridgehead atoms. The lowest BCUT2D eigenvalue weighted by molar-refractivity contribution is -0.125. The minimum absolute atomic E-state index is 0.1000. The van der Waals surface area contributed by atoms with E-state index >= 15 is 0 Å². The van der Waals surface area contributed by atoms with Crippen LogP contribution in [-0.2, 0) is 4.79 Å². The standard InChI is InChI=1S/C12H22N4O2/c1-13-11(17)10-8-14-6-7-16(10)12(18)15-9-4-2-3-5-9/h9-10,14H,2-8H2,1H3,(H,13,17)(H,15,18). The second kappa shape index (κ2) is 6.04. The second-order valence-electron chi connectivity index (χ2n) is 4.96. The van der Waals surface area contributed by atoms with Crippen LogP contribution in [0.4, 0.5) is 4.79 Å². The molecule has 0 aromatic carbocycles. The molecule has 3 amide bonds. The van der Waals surface area contributed by atoms with Crippen molar-refractivity contribution in [1.29, 1.82) is 0 Å². The molecule has 1 atom stereocenters. The summed E-state index contributed by atoms with van der Waals surface area (Å²) in [6, 6.07) is -0.208. The van der Waals surface area contributed by atoms with Gasteiger partial charge in [0.05, 0.1) is 0 Å². The van der Waals surface area contributed by atoms with Gasteiger partial charge in [0.25, 0.3) is 0 Å². The Hall–Kier alpha value is -1.30. The number of rotatable bonds is 2. The van der Waals surface area contributed by atoms with Gasteiger partial charge in [-0.3, -0.25) is 4.79 Å². The van der Waals surface area contributed by atoms with Gasteiger partial charge in [-0.05, 0) is 12.8 Å². The summed E-state index contributed by atoms with van der Waals surface area (Å²) in [5.74, 6) is -0.108. The van der Waals surface area contributed by atoms with E-state index in [0.717, 1.165) is 19.4 Å². The molecule has 1 aliphatic carbocycles. The van der Waals surface area contributed by atoms with Crippen molar-refractivity contribution in [3.8, 4) is 0 Å².